The Hall–Kier alpha value is -2.51. The molecule has 288 valence electrons. The summed E-state index contributed by atoms with van der Waals surface area (Å²) in [6, 6.07) is -0.959. The molecule has 51 heavy (non-hydrogen) atoms. The molecule has 12 heteroatoms. The minimum Gasteiger partial charge on any atom is -0.456 e. The van der Waals surface area contributed by atoms with E-state index < -0.39 is 88.3 Å². The number of amides is 1. The van der Waals surface area contributed by atoms with E-state index in [4.69, 9.17) is 28.4 Å². The number of fused-ring (bicyclic) bond motifs is 3. The van der Waals surface area contributed by atoms with Crippen molar-refractivity contribution in [1.82, 2.24) is 5.32 Å². The lowest BCUT2D eigenvalue weighted by molar-refractivity contribution is -0.387. The van der Waals surface area contributed by atoms with Crippen LogP contribution in [0.1, 0.15) is 102 Å². The van der Waals surface area contributed by atoms with Crippen LogP contribution in [-0.4, -0.2) is 94.5 Å². The number of rotatable bonds is 9. The summed E-state index contributed by atoms with van der Waals surface area (Å²) in [7, 11) is 0. The molecule has 13 atom stereocenters. The maximum atomic E-state index is 13.9. The van der Waals surface area contributed by atoms with Crippen LogP contribution >= 0.6 is 0 Å². The highest BCUT2D eigenvalue weighted by molar-refractivity contribution is 5.77. The molecule has 5 rings (SSSR count). The van der Waals surface area contributed by atoms with E-state index in [1.807, 2.05) is 20.8 Å². The van der Waals surface area contributed by atoms with Crippen molar-refractivity contribution in [2.24, 2.45) is 34.5 Å². The molecule has 0 bridgehead atoms. The zero-order valence-corrected chi connectivity index (χ0v) is 32.5. The van der Waals surface area contributed by atoms with Gasteiger partial charge in [0.25, 0.3) is 0 Å². The lowest BCUT2D eigenvalue weighted by atomic mass is 9.47. The second-order valence-corrected chi connectivity index (χ2v) is 17.9. The van der Waals surface area contributed by atoms with E-state index in [9.17, 15) is 24.6 Å². The fourth-order valence-corrected chi connectivity index (χ4v) is 10.9. The Kier molecular flexibility index (Phi) is 10.4. The van der Waals surface area contributed by atoms with Crippen LogP contribution in [0, 0.1) is 34.5 Å². The summed E-state index contributed by atoms with van der Waals surface area (Å²) in [5.74, 6) is -2.33. The van der Waals surface area contributed by atoms with Crippen LogP contribution in [0.25, 0.3) is 0 Å². The van der Waals surface area contributed by atoms with Crippen LogP contribution in [-0.2, 0) is 38.0 Å². The Balaban J connectivity index is 1.58. The van der Waals surface area contributed by atoms with Gasteiger partial charge in [-0.3, -0.25) is 4.79 Å². The standard InChI is InChI=1S/C39H61NO11/c1-14-28-48-26-16-27-39(18-46-27,50-23(7)41)31-22(6)38(36(11,12)45)17-25(20(4)29(38)21(5)32(49-28)37(26,31)13)47-33(43)30(42)24(15-19(2)3)40-34(44)51-35(8,9)10/h14,19,21-22,24-28,30-32,42,45H,1,15-18H2,2-13H3,(H,40,44)/t21-,22-,24-,25-,26-,27+,28?,30+,31-,32-,37+,38+,39-/m0/s1. The average molecular weight is 720 g/mol. The highest BCUT2D eigenvalue weighted by atomic mass is 16.7. The lowest BCUT2D eigenvalue weighted by Crippen LogP contribution is -2.78. The third-order valence-corrected chi connectivity index (χ3v) is 12.6. The molecular formula is C39H61NO11. The minimum absolute atomic E-state index is 0.0332. The summed E-state index contributed by atoms with van der Waals surface area (Å²) >= 11 is 0. The monoisotopic (exact) mass is 719 g/mol. The van der Waals surface area contributed by atoms with E-state index in [0.717, 1.165) is 11.1 Å². The number of ether oxygens (including phenoxy) is 6. The van der Waals surface area contributed by atoms with Gasteiger partial charge in [-0.05, 0) is 71.4 Å². The summed E-state index contributed by atoms with van der Waals surface area (Å²) in [6.07, 6.45) is -2.45. The van der Waals surface area contributed by atoms with Crippen molar-refractivity contribution in [1.29, 1.82) is 0 Å². The third kappa shape index (κ3) is 6.44. The molecule has 5 aliphatic rings. The van der Waals surface area contributed by atoms with E-state index >= 15 is 0 Å². The number of aliphatic hydroxyl groups excluding tert-OH is 1. The Morgan fingerprint density at radius 3 is 2.27 bits per heavy atom. The summed E-state index contributed by atoms with van der Waals surface area (Å²) in [6.45, 7) is 26.4. The first-order chi connectivity index (χ1) is 23.4. The van der Waals surface area contributed by atoms with Crippen molar-refractivity contribution in [2.45, 2.75) is 162 Å². The maximum absolute atomic E-state index is 13.9. The highest BCUT2D eigenvalue weighted by Crippen LogP contribution is 2.71. The number of hydrogen-bond donors (Lipinski definition) is 3. The number of hydrogen-bond acceptors (Lipinski definition) is 11. The molecule has 1 amide bonds. The fourth-order valence-electron chi connectivity index (χ4n) is 10.9. The van der Waals surface area contributed by atoms with Crippen LogP contribution in [0.15, 0.2) is 23.8 Å². The molecule has 0 aromatic rings. The Labute approximate surface area is 303 Å². The van der Waals surface area contributed by atoms with Crippen LogP contribution in [0.2, 0.25) is 0 Å². The number of alkyl carbamates (subject to hydrolysis) is 1. The summed E-state index contributed by atoms with van der Waals surface area (Å²) in [5.41, 5.74) is -3.11. The smallest absolute Gasteiger partial charge is 0.407 e. The quantitative estimate of drug-likeness (QED) is 0.168. The number of esters is 2. The zero-order valence-electron chi connectivity index (χ0n) is 32.5. The van der Waals surface area contributed by atoms with Gasteiger partial charge in [0.05, 0.1) is 30.5 Å². The molecule has 0 spiro atoms. The van der Waals surface area contributed by atoms with Crippen molar-refractivity contribution in [3.63, 3.8) is 0 Å². The van der Waals surface area contributed by atoms with Gasteiger partial charge in [0, 0.05) is 42.4 Å². The first-order valence-corrected chi connectivity index (χ1v) is 18.5. The van der Waals surface area contributed by atoms with Gasteiger partial charge in [0.2, 0.25) is 0 Å². The summed E-state index contributed by atoms with van der Waals surface area (Å²) in [4.78, 5) is 39.4. The van der Waals surface area contributed by atoms with E-state index in [0.29, 0.717) is 12.8 Å². The molecule has 0 aromatic heterocycles. The number of nitrogens with one attached hydrogen (secondary N) is 1. The van der Waals surface area contributed by atoms with Gasteiger partial charge in [-0.1, -0.05) is 46.8 Å². The Morgan fingerprint density at radius 1 is 1.12 bits per heavy atom. The van der Waals surface area contributed by atoms with Crippen LogP contribution in [0.5, 0.6) is 0 Å². The Morgan fingerprint density at radius 2 is 1.76 bits per heavy atom. The predicted octanol–water partition coefficient (Wildman–Crippen LogP) is 4.98. The number of carbonyl (C=O) groups excluding carboxylic acids is 3. The largest absolute Gasteiger partial charge is 0.456 e. The number of aliphatic hydroxyl groups is 2. The van der Waals surface area contributed by atoms with E-state index in [-0.39, 0.29) is 36.9 Å². The average Bonchev–Trinajstić information content (AvgIpc) is 3.25. The van der Waals surface area contributed by atoms with Crippen LogP contribution in [0.4, 0.5) is 4.79 Å². The minimum atomic E-state index is -1.68. The molecule has 0 aromatic carbocycles. The summed E-state index contributed by atoms with van der Waals surface area (Å²) in [5, 5.41) is 26.5. The van der Waals surface area contributed by atoms with E-state index in [1.165, 1.54) is 6.92 Å². The zero-order chi connectivity index (χ0) is 38.2. The van der Waals surface area contributed by atoms with Crippen LogP contribution in [0.3, 0.4) is 0 Å². The van der Waals surface area contributed by atoms with Gasteiger partial charge >= 0.3 is 18.0 Å². The SMILES string of the molecule is C=CC1O[C@H]2C[C@H]3OC[C@@]3(OC(C)=O)[C@H]3[C@H](C)[C@]4(C(C)(C)O)C[C@H](OC(=O)[C@H](O)[C@H](CC(C)C)NC(=O)OC(C)(C)C)C(C)=C4[C@H](C)[C@H](O1)[C@]23C. The molecular weight excluding hydrogens is 658 g/mol. The Bertz CT molecular complexity index is 1430. The molecule has 3 N–H and O–H groups in total. The van der Waals surface area contributed by atoms with Gasteiger partial charge in [0.15, 0.2) is 18.0 Å². The van der Waals surface area contributed by atoms with Crippen molar-refractivity contribution in [3.05, 3.63) is 23.8 Å². The molecule has 2 saturated heterocycles. The topological polar surface area (TPSA) is 159 Å². The first-order valence-electron chi connectivity index (χ1n) is 18.5. The molecule has 1 unspecified atom stereocenters. The van der Waals surface area contributed by atoms with E-state index in [1.54, 1.807) is 40.7 Å². The molecule has 2 saturated carbocycles. The lowest BCUT2D eigenvalue weighted by Gasteiger charge is -2.68. The van der Waals surface area contributed by atoms with Gasteiger partial charge in [0.1, 0.15) is 17.8 Å². The second-order valence-electron chi connectivity index (χ2n) is 17.9. The molecule has 2 heterocycles. The molecule has 0 radical (unpaired) electrons. The van der Waals surface area contributed by atoms with E-state index in [2.05, 4.69) is 32.7 Å². The molecule has 12 nitrogen and oxygen atoms in total. The third-order valence-electron chi connectivity index (χ3n) is 12.6. The van der Waals surface area contributed by atoms with Crippen LogP contribution < -0.4 is 5.32 Å². The van der Waals surface area contributed by atoms with Crippen molar-refractivity contribution in [2.75, 3.05) is 6.61 Å². The van der Waals surface area contributed by atoms with Gasteiger partial charge in [-0.25, -0.2) is 9.59 Å². The van der Waals surface area contributed by atoms with Crippen molar-refractivity contribution >= 4 is 18.0 Å². The van der Waals surface area contributed by atoms with Crippen molar-refractivity contribution in [3.8, 4) is 0 Å². The predicted molar refractivity (Wildman–Crippen MR) is 187 cm³/mol. The molecule has 4 fully saturated rings. The van der Waals surface area contributed by atoms with Gasteiger partial charge < -0.3 is 44.0 Å². The second kappa shape index (κ2) is 13.4. The highest BCUT2D eigenvalue weighted by Gasteiger charge is 2.78. The normalized spacial score (nSPS) is 40.1. The molecule has 3 aliphatic carbocycles. The molecule has 2 aliphatic heterocycles. The van der Waals surface area contributed by atoms with Gasteiger partial charge in [-0.2, -0.15) is 0 Å². The summed E-state index contributed by atoms with van der Waals surface area (Å²) < 4.78 is 37.3. The number of carbonyl (C=O) groups is 3. The van der Waals surface area contributed by atoms with Gasteiger partial charge in [-0.15, -0.1) is 0 Å². The fraction of sp³-hybridized carbons (Fsp3) is 0.821. The first kappa shape index (κ1) is 39.7. The van der Waals surface area contributed by atoms with Crippen molar-refractivity contribution < 1.29 is 53.0 Å². The maximum Gasteiger partial charge on any atom is 0.407 e.